The van der Waals surface area contributed by atoms with Crippen molar-refractivity contribution in [2.24, 2.45) is 17.6 Å². The molecule has 1 aliphatic rings. The first-order valence-corrected chi connectivity index (χ1v) is 13.8. The van der Waals surface area contributed by atoms with Gasteiger partial charge in [0.15, 0.2) is 1.37 Å². The van der Waals surface area contributed by atoms with E-state index in [1.807, 2.05) is 0 Å². The number of amides is 7. The number of benzene rings is 1. The van der Waals surface area contributed by atoms with Crippen LogP contribution >= 0.6 is 0 Å². The summed E-state index contributed by atoms with van der Waals surface area (Å²) in [7, 11) is 0. The van der Waals surface area contributed by atoms with E-state index < -0.39 is 42.3 Å². The van der Waals surface area contributed by atoms with Gasteiger partial charge in [0.1, 0.15) is 18.7 Å². The van der Waals surface area contributed by atoms with Crippen LogP contribution in [0.4, 0.5) is 10.5 Å². The molecule has 0 radical (unpaired) electrons. The van der Waals surface area contributed by atoms with Gasteiger partial charge in [0, 0.05) is 37.5 Å². The lowest BCUT2D eigenvalue weighted by atomic mass is 10.0. The number of anilines is 1. The molecule has 0 spiro atoms. The van der Waals surface area contributed by atoms with Crippen LogP contribution in [0.3, 0.4) is 0 Å². The number of likely N-dealkylation sites (tertiary alicyclic amines) is 1. The molecule has 3 atom stereocenters. The Kier molecular flexibility index (Phi) is 12.7. The van der Waals surface area contributed by atoms with Crippen LogP contribution in [-0.2, 0) is 40.1 Å². The Hall–Kier alpha value is -4.49. The molecule has 0 aromatic heterocycles. The Morgan fingerprint density at radius 2 is 1.81 bits per heavy atom. The van der Waals surface area contributed by atoms with Crippen molar-refractivity contribution in [3.8, 4) is 0 Å². The van der Waals surface area contributed by atoms with Gasteiger partial charge in [0.2, 0.25) is 29.5 Å². The highest BCUT2D eigenvalue weighted by Crippen LogP contribution is 2.19. The molecule has 0 saturated carbocycles. The first-order valence-electron chi connectivity index (χ1n) is 14.3. The summed E-state index contributed by atoms with van der Waals surface area (Å²) in [6.45, 7) is 5.34. The lowest BCUT2D eigenvalue weighted by Crippen LogP contribution is -2.54. The number of ether oxygens (including phenoxy) is 1. The van der Waals surface area contributed by atoms with Crippen molar-refractivity contribution in [3.63, 3.8) is 0 Å². The predicted molar refractivity (Wildman–Crippen MR) is 151 cm³/mol. The Morgan fingerprint density at radius 1 is 1.12 bits per heavy atom. The number of hydrogen-bond donors (Lipinski definition) is 5. The SMILES string of the molecule is [2H]C(=O)OCc1ccc(NC(=O)[C@H](CCCNC(N)=O)NC(=O)[C@@H](NC(=O)CCCN2C(=O)CC(C)C2=O)C(C)C)cc1. The quantitative estimate of drug-likeness (QED) is 0.104. The van der Waals surface area contributed by atoms with Crippen molar-refractivity contribution in [2.75, 3.05) is 18.4 Å². The number of primary amides is 1. The number of carbonyl (C=O) groups is 7. The average Bonchev–Trinajstić information content (AvgIpc) is 3.18. The Labute approximate surface area is 245 Å². The lowest BCUT2D eigenvalue weighted by Gasteiger charge is -2.25. The van der Waals surface area contributed by atoms with Crippen molar-refractivity contribution in [2.45, 2.75) is 71.6 Å². The fourth-order valence-electron chi connectivity index (χ4n) is 4.34. The summed E-state index contributed by atoms with van der Waals surface area (Å²) in [6, 6.07) is 3.61. The lowest BCUT2D eigenvalue weighted by molar-refractivity contribution is -0.139. The highest BCUT2D eigenvalue weighted by Gasteiger charge is 2.35. The number of rotatable bonds is 16. The highest BCUT2D eigenvalue weighted by atomic mass is 16.5. The zero-order valence-electron chi connectivity index (χ0n) is 25.1. The maximum atomic E-state index is 13.3. The van der Waals surface area contributed by atoms with Gasteiger partial charge in [-0.15, -0.1) is 0 Å². The van der Waals surface area contributed by atoms with E-state index in [1.165, 1.54) is 0 Å². The third-order valence-electron chi connectivity index (χ3n) is 6.64. The second-order valence-electron chi connectivity index (χ2n) is 10.4. The summed E-state index contributed by atoms with van der Waals surface area (Å²) in [5, 5.41) is 10.5. The molecular formula is C28H40N6O8. The van der Waals surface area contributed by atoms with E-state index in [4.69, 9.17) is 7.10 Å². The molecule has 1 aliphatic heterocycles. The zero-order chi connectivity index (χ0) is 32.1. The Bertz CT molecular complexity index is 1190. The standard InChI is InChI=1S/C28H40N6O8/c1-17(2)24(33-22(36)7-5-13-34-23(37)14-18(3)27(34)40)26(39)32-21(6-4-12-30-28(29)41)25(38)31-20-10-8-19(9-11-20)15-42-16-35/h8-11,16-18,21,24H,4-7,12-15H2,1-3H3,(H,31,38)(H,32,39)(H,33,36)(H3,29,30,41)/t18?,21-,24-/m0/s1/i16D. The molecule has 0 aliphatic carbocycles. The molecule has 7 amide bonds. The van der Waals surface area contributed by atoms with Crippen LogP contribution in [-0.4, -0.2) is 72.1 Å². The number of nitrogens with zero attached hydrogens (tertiary/aromatic N) is 1. The minimum Gasteiger partial charge on any atom is -0.463 e. The van der Waals surface area contributed by atoms with Crippen LogP contribution in [0, 0.1) is 11.8 Å². The average molecular weight is 590 g/mol. The van der Waals surface area contributed by atoms with Crippen molar-refractivity contribution in [3.05, 3.63) is 29.8 Å². The van der Waals surface area contributed by atoms with Gasteiger partial charge in [-0.3, -0.25) is 33.7 Å². The summed E-state index contributed by atoms with van der Waals surface area (Å²) in [5.41, 5.74) is 6.10. The molecule has 42 heavy (non-hydrogen) atoms. The molecule has 1 fully saturated rings. The molecule has 1 heterocycles. The van der Waals surface area contributed by atoms with Crippen LogP contribution in [0.5, 0.6) is 0 Å². The minimum absolute atomic E-state index is 0.0123. The Balaban J connectivity index is 2.01. The second-order valence-corrected chi connectivity index (χ2v) is 10.4. The maximum Gasteiger partial charge on any atom is 0.312 e. The first-order chi connectivity index (χ1) is 20.3. The normalized spacial score (nSPS) is 16.3. The molecule has 1 aromatic rings. The van der Waals surface area contributed by atoms with Gasteiger partial charge in [0.05, 0.1) is 0 Å². The van der Waals surface area contributed by atoms with Gasteiger partial charge < -0.3 is 31.7 Å². The van der Waals surface area contributed by atoms with E-state index in [-0.39, 0.29) is 69.0 Å². The van der Waals surface area contributed by atoms with Gasteiger partial charge in [0.25, 0.3) is 6.45 Å². The smallest absolute Gasteiger partial charge is 0.312 e. The predicted octanol–water partition coefficient (Wildman–Crippen LogP) is 0.547. The van der Waals surface area contributed by atoms with Gasteiger partial charge in [-0.05, 0) is 42.9 Å². The summed E-state index contributed by atoms with van der Waals surface area (Å²) in [4.78, 5) is 86.0. The fourth-order valence-corrected chi connectivity index (χ4v) is 4.34. The van der Waals surface area contributed by atoms with Crippen molar-refractivity contribution < 1.29 is 39.7 Å². The van der Waals surface area contributed by atoms with E-state index in [1.54, 1.807) is 45.0 Å². The molecule has 14 heteroatoms. The first kappa shape index (κ1) is 32.0. The molecule has 2 rings (SSSR count). The number of hydrogen-bond acceptors (Lipinski definition) is 8. The van der Waals surface area contributed by atoms with Gasteiger partial charge in [-0.2, -0.15) is 0 Å². The van der Waals surface area contributed by atoms with Gasteiger partial charge >= 0.3 is 6.03 Å². The zero-order valence-corrected chi connectivity index (χ0v) is 24.1. The van der Waals surface area contributed by atoms with Crippen LogP contribution in [0.25, 0.3) is 0 Å². The van der Waals surface area contributed by atoms with Gasteiger partial charge in [-0.1, -0.05) is 32.9 Å². The van der Waals surface area contributed by atoms with E-state index in [0.29, 0.717) is 17.7 Å². The molecule has 230 valence electrons. The fraction of sp³-hybridized carbons (Fsp3) is 0.536. The number of nitrogens with one attached hydrogen (secondary N) is 4. The number of urea groups is 1. The van der Waals surface area contributed by atoms with E-state index >= 15 is 0 Å². The largest absolute Gasteiger partial charge is 0.463 e. The molecule has 14 nitrogen and oxygen atoms in total. The summed E-state index contributed by atoms with van der Waals surface area (Å²) in [5.74, 6) is -2.80. The van der Waals surface area contributed by atoms with E-state index in [2.05, 4.69) is 26.0 Å². The Morgan fingerprint density at radius 3 is 2.38 bits per heavy atom. The molecular weight excluding hydrogens is 548 g/mol. The maximum absolute atomic E-state index is 13.3. The van der Waals surface area contributed by atoms with Crippen LogP contribution in [0.15, 0.2) is 24.3 Å². The highest BCUT2D eigenvalue weighted by molar-refractivity contribution is 6.03. The summed E-state index contributed by atoms with van der Waals surface area (Å²) >= 11 is 0. The second kappa shape index (κ2) is 16.7. The van der Waals surface area contributed by atoms with Crippen LogP contribution in [0.1, 0.15) is 59.8 Å². The van der Waals surface area contributed by atoms with Crippen LogP contribution in [0.2, 0.25) is 0 Å². The third-order valence-corrected chi connectivity index (χ3v) is 6.64. The summed E-state index contributed by atoms with van der Waals surface area (Å²) < 4.78 is 11.4. The molecule has 0 bridgehead atoms. The molecule has 6 N–H and O–H groups in total. The van der Waals surface area contributed by atoms with E-state index in [0.717, 1.165) is 4.90 Å². The van der Waals surface area contributed by atoms with Crippen molar-refractivity contribution in [1.82, 2.24) is 20.9 Å². The monoisotopic (exact) mass is 589 g/mol. The molecule has 1 saturated heterocycles. The third kappa shape index (κ3) is 10.8. The van der Waals surface area contributed by atoms with Gasteiger partial charge in [-0.25, -0.2) is 4.79 Å². The van der Waals surface area contributed by atoms with Crippen LogP contribution < -0.4 is 27.0 Å². The topological polar surface area (TPSA) is 206 Å². The van der Waals surface area contributed by atoms with E-state index in [9.17, 15) is 33.6 Å². The summed E-state index contributed by atoms with van der Waals surface area (Å²) in [6.07, 6.45) is -0.327. The van der Waals surface area contributed by atoms with Crippen molar-refractivity contribution >= 4 is 47.7 Å². The number of carbonyl (C=O) groups excluding carboxylic acids is 7. The minimum atomic E-state index is -1.16. The molecule has 1 unspecified atom stereocenters. The molecule has 1 aromatic carbocycles. The van der Waals surface area contributed by atoms with Crippen molar-refractivity contribution in [1.29, 1.82) is 0 Å². The number of imide groups is 1. The number of nitrogens with two attached hydrogens (primary N) is 1.